The summed E-state index contributed by atoms with van der Waals surface area (Å²) in [5, 5.41) is 13.3. The van der Waals surface area contributed by atoms with Crippen molar-refractivity contribution in [3.8, 4) is 11.5 Å². The van der Waals surface area contributed by atoms with E-state index in [-0.39, 0.29) is 17.1 Å². The van der Waals surface area contributed by atoms with Crippen molar-refractivity contribution in [2.45, 2.75) is 12.5 Å². The van der Waals surface area contributed by atoms with Gasteiger partial charge < -0.3 is 15.2 Å². The standard InChI is InChI=1S/C13H17BrF2N2O2/c1-20-9-3-2-8(14)10(12(9)19)11(13(15)16)18-6-4-17-5-7-18/h2-3,11,13,17,19H,4-7H2,1H3/t11-/m1/s1. The second-order valence-electron chi connectivity index (χ2n) is 4.58. The monoisotopic (exact) mass is 350 g/mol. The predicted molar refractivity (Wildman–Crippen MR) is 75.5 cm³/mol. The number of piperazine rings is 1. The van der Waals surface area contributed by atoms with Crippen molar-refractivity contribution in [3.05, 3.63) is 22.2 Å². The molecule has 1 saturated heterocycles. The minimum Gasteiger partial charge on any atom is -0.504 e. The van der Waals surface area contributed by atoms with Crippen LogP contribution in [0.15, 0.2) is 16.6 Å². The molecule has 0 radical (unpaired) electrons. The van der Waals surface area contributed by atoms with Gasteiger partial charge in [-0.15, -0.1) is 0 Å². The van der Waals surface area contributed by atoms with Crippen LogP contribution in [0.3, 0.4) is 0 Å². The molecule has 2 N–H and O–H groups in total. The van der Waals surface area contributed by atoms with Gasteiger partial charge in [0.2, 0.25) is 0 Å². The number of phenols is 1. The lowest BCUT2D eigenvalue weighted by Gasteiger charge is -2.35. The summed E-state index contributed by atoms with van der Waals surface area (Å²) in [6.45, 7) is 2.34. The first-order valence-electron chi connectivity index (χ1n) is 6.34. The number of hydrogen-bond acceptors (Lipinski definition) is 4. The van der Waals surface area contributed by atoms with Crippen LogP contribution in [0.4, 0.5) is 8.78 Å². The molecule has 0 amide bonds. The van der Waals surface area contributed by atoms with Crippen molar-refractivity contribution in [1.82, 2.24) is 10.2 Å². The highest BCUT2D eigenvalue weighted by Crippen LogP contribution is 2.43. The summed E-state index contributed by atoms with van der Waals surface area (Å²) in [6.07, 6.45) is -2.59. The quantitative estimate of drug-likeness (QED) is 0.874. The van der Waals surface area contributed by atoms with Gasteiger partial charge in [-0.25, -0.2) is 8.78 Å². The van der Waals surface area contributed by atoms with Crippen molar-refractivity contribution in [2.75, 3.05) is 33.3 Å². The van der Waals surface area contributed by atoms with Crippen LogP contribution in [0.2, 0.25) is 0 Å². The third kappa shape index (κ3) is 3.05. The fraction of sp³-hybridized carbons (Fsp3) is 0.538. The van der Waals surface area contributed by atoms with Crippen LogP contribution in [0, 0.1) is 0 Å². The maximum atomic E-state index is 13.5. The largest absolute Gasteiger partial charge is 0.504 e. The van der Waals surface area contributed by atoms with Crippen LogP contribution in [0.25, 0.3) is 0 Å². The van der Waals surface area contributed by atoms with E-state index < -0.39 is 12.5 Å². The number of aromatic hydroxyl groups is 1. The van der Waals surface area contributed by atoms with Crippen molar-refractivity contribution in [2.24, 2.45) is 0 Å². The number of rotatable bonds is 4. The Hall–Kier alpha value is -0.920. The first-order chi connectivity index (χ1) is 9.56. The van der Waals surface area contributed by atoms with Crippen LogP contribution in [-0.2, 0) is 0 Å². The summed E-state index contributed by atoms with van der Waals surface area (Å²) in [4.78, 5) is 1.68. The number of nitrogens with one attached hydrogen (secondary N) is 1. The number of benzene rings is 1. The van der Waals surface area contributed by atoms with Gasteiger partial charge in [0.25, 0.3) is 6.43 Å². The smallest absolute Gasteiger partial charge is 0.258 e. The number of ether oxygens (including phenoxy) is 1. The molecule has 0 aliphatic carbocycles. The van der Waals surface area contributed by atoms with E-state index in [1.807, 2.05) is 0 Å². The van der Waals surface area contributed by atoms with E-state index in [0.717, 1.165) is 0 Å². The third-order valence-corrected chi connectivity index (χ3v) is 4.12. The second kappa shape index (κ2) is 6.69. The minimum absolute atomic E-state index is 0.182. The fourth-order valence-electron chi connectivity index (χ4n) is 2.44. The number of halogens is 3. The molecule has 1 fully saturated rings. The molecule has 1 aromatic rings. The summed E-state index contributed by atoms with van der Waals surface area (Å²) in [6, 6.07) is 2.01. The molecule has 2 rings (SSSR count). The maximum absolute atomic E-state index is 13.5. The summed E-state index contributed by atoms with van der Waals surface area (Å²) in [7, 11) is 1.40. The molecule has 7 heteroatoms. The van der Waals surface area contributed by atoms with Crippen molar-refractivity contribution in [1.29, 1.82) is 0 Å². The lowest BCUT2D eigenvalue weighted by Crippen LogP contribution is -2.47. The van der Waals surface area contributed by atoms with Gasteiger partial charge in [0, 0.05) is 36.2 Å². The van der Waals surface area contributed by atoms with E-state index >= 15 is 0 Å². The van der Waals surface area contributed by atoms with Crippen molar-refractivity contribution < 1.29 is 18.6 Å². The van der Waals surface area contributed by atoms with Crippen LogP contribution >= 0.6 is 15.9 Å². The normalized spacial score (nSPS) is 18.2. The molecule has 0 saturated carbocycles. The Balaban J connectivity index is 2.43. The van der Waals surface area contributed by atoms with Gasteiger partial charge in [0.15, 0.2) is 11.5 Å². The summed E-state index contributed by atoms with van der Waals surface area (Å²) in [5.41, 5.74) is 0.182. The van der Waals surface area contributed by atoms with E-state index in [9.17, 15) is 13.9 Å². The Bertz CT molecular complexity index is 468. The third-order valence-electron chi connectivity index (χ3n) is 3.43. The average molecular weight is 351 g/mol. The summed E-state index contributed by atoms with van der Waals surface area (Å²) < 4.78 is 32.5. The second-order valence-corrected chi connectivity index (χ2v) is 5.43. The molecule has 20 heavy (non-hydrogen) atoms. The molecule has 1 aliphatic rings. The molecule has 1 heterocycles. The molecule has 0 aromatic heterocycles. The molecule has 1 atom stereocenters. The Kier molecular flexibility index (Phi) is 5.17. The summed E-state index contributed by atoms with van der Waals surface area (Å²) >= 11 is 3.25. The number of alkyl halides is 2. The number of methoxy groups -OCH3 is 1. The molecule has 1 aromatic carbocycles. The first-order valence-corrected chi connectivity index (χ1v) is 7.13. The van der Waals surface area contributed by atoms with Gasteiger partial charge in [-0.05, 0) is 12.1 Å². The zero-order chi connectivity index (χ0) is 14.7. The summed E-state index contributed by atoms with van der Waals surface area (Å²) in [5.74, 6) is -0.0327. The SMILES string of the molecule is COc1ccc(Br)c([C@H](C(F)F)N2CCNCC2)c1O. The van der Waals surface area contributed by atoms with Crippen molar-refractivity contribution in [3.63, 3.8) is 0 Å². The van der Waals surface area contributed by atoms with E-state index in [4.69, 9.17) is 4.74 Å². The van der Waals surface area contributed by atoms with Gasteiger partial charge in [0.1, 0.15) is 6.04 Å². The fourth-order valence-corrected chi connectivity index (χ4v) is 2.99. The van der Waals surface area contributed by atoms with Crippen molar-refractivity contribution >= 4 is 15.9 Å². The zero-order valence-corrected chi connectivity index (χ0v) is 12.7. The lowest BCUT2D eigenvalue weighted by atomic mass is 10.0. The van der Waals surface area contributed by atoms with Crippen LogP contribution in [0.1, 0.15) is 11.6 Å². The van der Waals surface area contributed by atoms with E-state index in [0.29, 0.717) is 30.7 Å². The number of nitrogens with zero attached hydrogens (tertiary/aromatic N) is 1. The average Bonchev–Trinajstić information content (AvgIpc) is 2.44. The van der Waals surface area contributed by atoms with E-state index in [1.165, 1.54) is 7.11 Å². The van der Waals surface area contributed by atoms with Gasteiger partial charge in [-0.2, -0.15) is 0 Å². The minimum atomic E-state index is -2.59. The molecule has 1 aliphatic heterocycles. The number of phenolic OH excluding ortho intramolecular Hbond substituents is 1. The molecule has 112 valence electrons. The van der Waals surface area contributed by atoms with Crippen LogP contribution < -0.4 is 10.1 Å². The van der Waals surface area contributed by atoms with E-state index in [2.05, 4.69) is 21.2 Å². The van der Waals surface area contributed by atoms with Crippen LogP contribution in [-0.4, -0.2) is 49.7 Å². The molecule has 0 unspecified atom stereocenters. The van der Waals surface area contributed by atoms with E-state index in [1.54, 1.807) is 17.0 Å². The molecular formula is C13H17BrF2N2O2. The van der Waals surface area contributed by atoms with Gasteiger partial charge in [0.05, 0.1) is 7.11 Å². The lowest BCUT2D eigenvalue weighted by molar-refractivity contribution is 0.0165. The van der Waals surface area contributed by atoms with Gasteiger partial charge in [-0.3, -0.25) is 4.90 Å². The highest BCUT2D eigenvalue weighted by molar-refractivity contribution is 9.10. The molecular weight excluding hydrogens is 334 g/mol. The van der Waals surface area contributed by atoms with Gasteiger partial charge >= 0.3 is 0 Å². The topological polar surface area (TPSA) is 44.7 Å². The van der Waals surface area contributed by atoms with Crippen LogP contribution in [0.5, 0.6) is 11.5 Å². The number of hydrogen-bond donors (Lipinski definition) is 2. The molecule has 0 bridgehead atoms. The molecule has 4 nitrogen and oxygen atoms in total. The first kappa shape index (κ1) is 15.5. The Morgan fingerprint density at radius 1 is 1.35 bits per heavy atom. The predicted octanol–water partition coefficient (Wildman–Crippen LogP) is 2.37. The molecule has 0 spiro atoms. The zero-order valence-electron chi connectivity index (χ0n) is 11.1. The van der Waals surface area contributed by atoms with Gasteiger partial charge in [-0.1, -0.05) is 15.9 Å². The maximum Gasteiger partial charge on any atom is 0.258 e. The highest BCUT2D eigenvalue weighted by atomic mass is 79.9. The Morgan fingerprint density at radius 2 is 2.00 bits per heavy atom. The Morgan fingerprint density at radius 3 is 2.55 bits per heavy atom. The Labute approximate surface area is 124 Å². The highest BCUT2D eigenvalue weighted by Gasteiger charge is 2.34.